The maximum Gasteiger partial charge on any atom is 0.391 e. The van der Waals surface area contributed by atoms with Gasteiger partial charge in [0.05, 0.1) is 24.7 Å². The number of carbonyl (C=O) groups excluding carboxylic acids is 1. The number of carbonyl (C=O) groups is 1. The van der Waals surface area contributed by atoms with E-state index in [1.54, 1.807) is 0 Å². The van der Waals surface area contributed by atoms with Crippen LogP contribution in [0.5, 0.6) is 11.5 Å². The Kier molecular flexibility index (Phi) is 7.25. The van der Waals surface area contributed by atoms with E-state index in [0.29, 0.717) is 30.9 Å². The summed E-state index contributed by atoms with van der Waals surface area (Å²) in [7, 11) is 1.44. The number of methoxy groups -OCH3 is 1. The Hall–Kier alpha value is -1.63. The number of alkyl halides is 3. The maximum absolute atomic E-state index is 12.9. The zero-order chi connectivity index (χ0) is 20.2. The molecule has 1 N–H and O–H groups in total. The monoisotopic (exact) mass is 407 g/mol. The van der Waals surface area contributed by atoms with E-state index in [1.807, 2.05) is 13.8 Å². The maximum atomic E-state index is 12.9. The van der Waals surface area contributed by atoms with E-state index < -0.39 is 24.0 Å². The van der Waals surface area contributed by atoms with Crippen LogP contribution in [-0.4, -0.2) is 31.8 Å². The fourth-order valence-corrected chi connectivity index (χ4v) is 3.39. The first-order chi connectivity index (χ1) is 12.6. The highest BCUT2D eigenvalue weighted by Gasteiger charge is 2.42. The minimum atomic E-state index is -4.23. The van der Waals surface area contributed by atoms with E-state index in [2.05, 4.69) is 5.32 Å². The Balaban J connectivity index is 2.11. The second kappa shape index (κ2) is 9.04. The number of benzene rings is 1. The summed E-state index contributed by atoms with van der Waals surface area (Å²) in [6.07, 6.45) is -3.27. The van der Waals surface area contributed by atoms with Crippen LogP contribution in [0, 0.1) is 11.8 Å². The average molecular weight is 408 g/mol. The van der Waals surface area contributed by atoms with Crippen molar-refractivity contribution in [3.63, 3.8) is 0 Å². The molecular formula is C19H25ClF3NO3. The Morgan fingerprint density at radius 1 is 1.33 bits per heavy atom. The number of hydrogen-bond donors (Lipinski definition) is 1. The molecule has 2 atom stereocenters. The fourth-order valence-electron chi connectivity index (χ4n) is 3.13. The van der Waals surface area contributed by atoms with E-state index in [9.17, 15) is 18.0 Å². The van der Waals surface area contributed by atoms with Crippen LogP contribution in [0.15, 0.2) is 12.1 Å². The lowest BCUT2D eigenvalue weighted by atomic mass is 9.85. The largest absolute Gasteiger partial charge is 0.493 e. The minimum absolute atomic E-state index is 0.101. The van der Waals surface area contributed by atoms with Crippen molar-refractivity contribution >= 4 is 17.5 Å². The molecule has 1 amide bonds. The second-order valence-electron chi connectivity index (χ2n) is 7.27. The van der Waals surface area contributed by atoms with Gasteiger partial charge >= 0.3 is 6.18 Å². The standard InChI is InChI=1S/C19H25ClF3NO3/c1-11(2)10-27-17-15(20)7-12(8-16(17)26-3)18(25)24-14-6-4-5-13(9-14)19(21,22)23/h7-8,11,13-14H,4-6,9-10H2,1-3H3,(H,24,25). The Morgan fingerprint density at radius 3 is 2.63 bits per heavy atom. The predicted octanol–water partition coefficient (Wildman–Crippen LogP) is 5.23. The van der Waals surface area contributed by atoms with Gasteiger partial charge in [0, 0.05) is 11.6 Å². The molecule has 2 unspecified atom stereocenters. The van der Waals surface area contributed by atoms with E-state index in [0.717, 1.165) is 0 Å². The van der Waals surface area contributed by atoms with Crippen LogP contribution < -0.4 is 14.8 Å². The van der Waals surface area contributed by atoms with Gasteiger partial charge in [-0.3, -0.25) is 4.79 Å². The van der Waals surface area contributed by atoms with Gasteiger partial charge < -0.3 is 14.8 Å². The average Bonchev–Trinajstić information content (AvgIpc) is 2.59. The Labute approximate surface area is 162 Å². The number of nitrogens with one attached hydrogen (secondary N) is 1. The molecule has 1 aromatic rings. The molecule has 27 heavy (non-hydrogen) atoms. The molecule has 1 aromatic carbocycles. The van der Waals surface area contributed by atoms with Crippen molar-refractivity contribution in [1.82, 2.24) is 5.32 Å². The smallest absolute Gasteiger partial charge is 0.391 e. The van der Waals surface area contributed by atoms with Crippen molar-refractivity contribution in [2.45, 2.75) is 51.7 Å². The molecule has 0 spiro atoms. The van der Waals surface area contributed by atoms with Crippen LogP contribution in [0.3, 0.4) is 0 Å². The molecule has 152 valence electrons. The lowest BCUT2D eigenvalue weighted by Gasteiger charge is -2.31. The molecular weight excluding hydrogens is 383 g/mol. The predicted molar refractivity (Wildman–Crippen MR) is 97.6 cm³/mol. The number of halogens is 4. The van der Waals surface area contributed by atoms with E-state index >= 15 is 0 Å². The Bertz CT molecular complexity index is 664. The topological polar surface area (TPSA) is 47.6 Å². The molecule has 0 heterocycles. The summed E-state index contributed by atoms with van der Waals surface area (Å²) in [6.45, 7) is 4.41. The lowest BCUT2D eigenvalue weighted by Crippen LogP contribution is -2.41. The van der Waals surface area contributed by atoms with Gasteiger partial charge in [-0.2, -0.15) is 13.2 Å². The zero-order valence-corrected chi connectivity index (χ0v) is 16.4. The number of amides is 1. The third-order valence-electron chi connectivity index (χ3n) is 4.52. The van der Waals surface area contributed by atoms with Crippen LogP contribution in [0.2, 0.25) is 5.02 Å². The van der Waals surface area contributed by atoms with E-state index in [-0.39, 0.29) is 29.3 Å². The van der Waals surface area contributed by atoms with Crippen LogP contribution in [0.1, 0.15) is 49.9 Å². The third-order valence-corrected chi connectivity index (χ3v) is 4.81. The quantitative estimate of drug-likeness (QED) is 0.702. The first kappa shape index (κ1) is 21.7. The summed E-state index contributed by atoms with van der Waals surface area (Å²) < 4.78 is 49.7. The fraction of sp³-hybridized carbons (Fsp3) is 0.632. The van der Waals surface area contributed by atoms with Gasteiger partial charge in [0.2, 0.25) is 0 Å². The molecule has 1 fully saturated rings. The van der Waals surface area contributed by atoms with Gasteiger partial charge in [-0.05, 0) is 37.3 Å². The lowest BCUT2D eigenvalue weighted by molar-refractivity contribution is -0.183. The number of ether oxygens (including phenoxy) is 2. The second-order valence-corrected chi connectivity index (χ2v) is 7.68. The van der Waals surface area contributed by atoms with Crippen molar-refractivity contribution in [1.29, 1.82) is 0 Å². The van der Waals surface area contributed by atoms with Crippen molar-refractivity contribution in [3.05, 3.63) is 22.7 Å². The zero-order valence-electron chi connectivity index (χ0n) is 15.7. The molecule has 0 aliphatic heterocycles. The number of rotatable bonds is 6. The highest BCUT2D eigenvalue weighted by molar-refractivity contribution is 6.32. The van der Waals surface area contributed by atoms with Gasteiger partial charge in [0.15, 0.2) is 11.5 Å². The van der Waals surface area contributed by atoms with E-state index in [1.165, 1.54) is 19.2 Å². The molecule has 1 aliphatic carbocycles. The molecule has 0 bridgehead atoms. The highest BCUT2D eigenvalue weighted by Crippen LogP contribution is 2.39. The SMILES string of the molecule is COc1cc(C(=O)NC2CCCC(C(F)(F)F)C2)cc(Cl)c1OCC(C)C. The highest BCUT2D eigenvalue weighted by atomic mass is 35.5. The molecule has 2 rings (SSSR count). The molecule has 4 nitrogen and oxygen atoms in total. The molecule has 0 saturated heterocycles. The minimum Gasteiger partial charge on any atom is -0.493 e. The molecule has 0 aromatic heterocycles. The normalized spacial score (nSPS) is 20.4. The number of hydrogen-bond acceptors (Lipinski definition) is 3. The van der Waals surface area contributed by atoms with Gasteiger partial charge in [0.1, 0.15) is 0 Å². The van der Waals surface area contributed by atoms with Crippen LogP contribution in [-0.2, 0) is 0 Å². The summed E-state index contributed by atoms with van der Waals surface area (Å²) in [4.78, 5) is 12.5. The van der Waals surface area contributed by atoms with Gasteiger partial charge in [-0.15, -0.1) is 0 Å². The molecule has 0 radical (unpaired) electrons. The molecule has 8 heteroatoms. The summed E-state index contributed by atoms with van der Waals surface area (Å²) in [5, 5.41) is 2.91. The van der Waals surface area contributed by atoms with E-state index in [4.69, 9.17) is 21.1 Å². The van der Waals surface area contributed by atoms with Crippen molar-refractivity contribution in [2.24, 2.45) is 11.8 Å². The summed E-state index contributed by atoms with van der Waals surface area (Å²) >= 11 is 6.23. The Morgan fingerprint density at radius 2 is 2.04 bits per heavy atom. The van der Waals surface area contributed by atoms with Crippen molar-refractivity contribution < 1.29 is 27.4 Å². The molecule has 1 aliphatic rings. The van der Waals surface area contributed by atoms with Gasteiger partial charge in [-0.25, -0.2) is 0 Å². The summed E-state index contributed by atoms with van der Waals surface area (Å²) in [6, 6.07) is 2.42. The van der Waals surface area contributed by atoms with Crippen LogP contribution in [0.4, 0.5) is 13.2 Å². The molecule has 1 saturated carbocycles. The van der Waals surface area contributed by atoms with Crippen LogP contribution in [0.25, 0.3) is 0 Å². The van der Waals surface area contributed by atoms with Gasteiger partial charge in [-0.1, -0.05) is 31.9 Å². The first-order valence-corrected chi connectivity index (χ1v) is 9.37. The third kappa shape index (κ3) is 5.92. The van der Waals surface area contributed by atoms with Crippen molar-refractivity contribution in [3.8, 4) is 11.5 Å². The van der Waals surface area contributed by atoms with Gasteiger partial charge in [0.25, 0.3) is 5.91 Å². The summed E-state index contributed by atoms with van der Waals surface area (Å²) in [5.74, 6) is -0.911. The van der Waals surface area contributed by atoms with Crippen molar-refractivity contribution in [2.75, 3.05) is 13.7 Å². The summed E-state index contributed by atoms with van der Waals surface area (Å²) in [5.41, 5.74) is 0.225. The van der Waals surface area contributed by atoms with Crippen LogP contribution >= 0.6 is 11.6 Å². The first-order valence-electron chi connectivity index (χ1n) is 8.99.